The summed E-state index contributed by atoms with van der Waals surface area (Å²) < 4.78 is 43.6. The molecular formula is C30H33F3N6O4. The number of nitro groups is 1. The first-order valence-corrected chi connectivity index (χ1v) is 14.3. The fraction of sp³-hybridized carbons (Fsp3) is 0.433. The highest BCUT2D eigenvalue weighted by Crippen LogP contribution is 2.36. The smallest absolute Gasteiger partial charge is 0.435 e. The number of amides is 1. The number of piperazine rings is 1. The lowest BCUT2D eigenvalue weighted by molar-refractivity contribution is -0.384. The Morgan fingerprint density at radius 2 is 1.67 bits per heavy atom. The molecule has 0 spiro atoms. The first-order chi connectivity index (χ1) is 20.5. The van der Waals surface area contributed by atoms with E-state index in [1.165, 1.54) is 6.07 Å². The number of alkyl halides is 3. The summed E-state index contributed by atoms with van der Waals surface area (Å²) in [7, 11) is 0. The Labute approximate surface area is 247 Å². The summed E-state index contributed by atoms with van der Waals surface area (Å²) in [6, 6.07) is 12.3. The Hall–Kier alpha value is -4.26. The summed E-state index contributed by atoms with van der Waals surface area (Å²) in [5, 5.41) is 18.7. The van der Waals surface area contributed by atoms with Crippen LogP contribution in [0.1, 0.15) is 52.9 Å². The summed E-state index contributed by atoms with van der Waals surface area (Å²) in [6.07, 6.45) is -3.13. The van der Waals surface area contributed by atoms with E-state index in [0.717, 1.165) is 55.7 Å². The second-order valence-electron chi connectivity index (χ2n) is 10.8. The van der Waals surface area contributed by atoms with Gasteiger partial charge in [-0.2, -0.15) is 13.2 Å². The van der Waals surface area contributed by atoms with Gasteiger partial charge in [0.05, 0.1) is 4.92 Å². The lowest BCUT2D eigenvalue weighted by atomic mass is 9.89. The number of aromatic nitrogens is 2. The number of carbonyl (C=O) groups excluding carboxylic acids is 1. The Kier molecular flexibility index (Phi) is 8.81. The van der Waals surface area contributed by atoms with Crippen molar-refractivity contribution in [3.05, 3.63) is 81.0 Å². The van der Waals surface area contributed by atoms with Crippen molar-refractivity contribution in [2.45, 2.75) is 38.8 Å². The molecule has 0 bridgehead atoms. The Balaban J connectivity index is 1.20. The molecule has 228 valence electrons. The maximum Gasteiger partial charge on any atom is 0.435 e. The first-order valence-electron chi connectivity index (χ1n) is 14.3. The van der Waals surface area contributed by atoms with Crippen LogP contribution in [0.15, 0.2) is 48.5 Å². The molecule has 43 heavy (non-hydrogen) atoms. The third-order valence-electron chi connectivity index (χ3n) is 8.15. The van der Waals surface area contributed by atoms with E-state index in [-0.39, 0.29) is 23.4 Å². The third kappa shape index (κ3) is 6.87. The lowest BCUT2D eigenvalue weighted by Crippen LogP contribution is -2.46. The molecular weight excluding hydrogens is 565 g/mol. The fourth-order valence-corrected chi connectivity index (χ4v) is 5.78. The molecule has 13 heteroatoms. The molecule has 1 aromatic heterocycles. The Morgan fingerprint density at radius 1 is 1.00 bits per heavy atom. The minimum atomic E-state index is -4.57. The molecule has 0 atom stereocenters. The average molecular weight is 599 g/mol. The van der Waals surface area contributed by atoms with E-state index in [0.29, 0.717) is 43.2 Å². The monoisotopic (exact) mass is 598 g/mol. The van der Waals surface area contributed by atoms with Crippen molar-refractivity contribution in [3.63, 3.8) is 0 Å². The zero-order valence-corrected chi connectivity index (χ0v) is 24.0. The minimum absolute atomic E-state index is 0.0345. The number of nitro benzene ring substituents is 1. The van der Waals surface area contributed by atoms with E-state index in [1.807, 2.05) is 24.0 Å². The summed E-state index contributed by atoms with van der Waals surface area (Å²) in [5.41, 5.74) is 1.57. The van der Waals surface area contributed by atoms with Gasteiger partial charge in [-0.05, 0) is 67.6 Å². The zero-order chi connectivity index (χ0) is 30.7. The van der Waals surface area contributed by atoms with Gasteiger partial charge in [0.2, 0.25) is 5.88 Å². The summed E-state index contributed by atoms with van der Waals surface area (Å²) in [4.78, 5) is 31.2. The van der Waals surface area contributed by atoms with E-state index < -0.39 is 16.8 Å². The van der Waals surface area contributed by atoms with Crippen molar-refractivity contribution in [3.8, 4) is 11.6 Å². The largest absolute Gasteiger partial charge is 0.438 e. The van der Waals surface area contributed by atoms with Crippen molar-refractivity contribution in [2.24, 2.45) is 0 Å². The van der Waals surface area contributed by atoms with E-state index in [4.69, 9.17) is 4.74 Å². The number of benzene rings is 2. The average Bonchev–Trinajstić information content (AvgIpc) is 3.00. The molecule has 2 aliphatic heterocycles. The number of piperidine rings is 1. The van der Waals surface area contributed by atoms with Crippen LogP contribution in [-0.4, -0.2) is 76.6 Å². The number of nitrogens with zero attached hydrogens (tertiary/aromatic N) is 6. The molecule has 0 unspecified atom stereocenters. The van der Waals surface area contributed by atoms with Crippen molar-refractivity contribution in [1.82, 2.24) is 20.0 Å². The number of carbonyl (C=O) groups is 1. The van der Waals surface area contributed by atoms with Gasteiger partial charge >= 0.3 is 6.18 Å². The molecule has 10 nitrogen and oxygen atoms in total. The highest BCUT2D eigenvalue weighted by Gasteiger charge is 2.33. The predicted octanol–water partition coefficient (Wildman–Crippen LogP) is 5.67. The molecule has 3 heterocycles. The van der Waals surface area contributed by atoms with Crippen LogP contribution in [-0.2, 0) is 6.18 Å². The van der Waals surface area contributed by atoms with Crippen molar-refractivity contribution >= 4 is 17.3 Å². The molecule has 0 aliphatic carbocycles. The summed E-state index contributed by atoms with van der Waals surface area (Å²) in [5.74, 6) is 0.353. The lowest BCUT2D eigenvalue weighted by Gasteiger charge is -2.36. The van der Waals surface area contributed by atoms with E-state index in [2.05, 4.69) is 22.0 Å². The second kappa shape index (κ2) is 12.5. The Bertz CT molecular complexity index is 1450. The highest BCUT2D eigenvalue weighted by molar-refractivity contribution is 5.96. The molecule has 2 saturated heterocycles. The maximum atomic E-state index is 13.4. The van der Waals surface area contributed by atoms with Gasteiger partial charge in [-0.1, -0.05) is 19.1 Å². The highest BCUT2D eigenvalue weighted by atomic mass is 19.4. The predicted molar refractivity (Wildman–Crippen MR) is 154 cm³/mol. The van der Waals surface area contributed by atoms with Gasteiger partial charge in [0.25, 0.3) is 11.6 Å². The van der Waals surface area contributed by atoms with Crippen molar-refractivity contribution < 1.29 is 27.6 Å². The molecule has 5 rings (SSSR count). The van der Waals surface area contributed by atoms with Crippen molar-refractivity contribution in [2.75, 3.05) is 50.7 Å². The molecule has 2 fully saturated rings. The molecule has 0 radical (unpaired) electrons. The van der Waals surface area contributed by atoms with Crippen LogP contribution >= 0.6 is 0 Å². The second-order valence-corrected chi connectivity index (χ2v) is 10.8. The van der Waals surface area contributed by atoms with E-state index in [9.17, 15) is 28.1 Å². The van der Waals surface area contributed by atoms with Gasteiger partial charge in [-0.15, -0.1) is 10.2 Å². The number of aryl methyl sites for hydroxylation is 1. The molecule has 2 aliphatic rings. The van der Waals surface area contributed by atoms with Crippen LogP contribution in [0.4, 0.5) is 24.5 Å². The maximum absolute atomic E-state index is 13.4. The number of halogens is 3. The van der Waals surface area contributed by atoms with Gasteiger partial charge in [0, 0.05) is 57.0 Å². The molecule has 0 N–H and O–H groups in total. The minimum Gasteiger partial charge on any atom is -0.438 e. The van der Waals surface area contributed by atoms with Crippen LogP contribution in [0.25, 0.3) is 0 Å². The van der Waals surface area contributed by atoms with Gasteiger partial charge < -0.3 is 19.4 Å². The first kappa shape index (κ1) is 30.2. The standard InChI is InChI=1S/C30H33F3N6O4/c1-3-36-14-16-37(17-15-36)28-20(2)18-23(19-25(28)39(41)42)29(40)38-12-10-22(11-13-38)21-4-6-24(7-5-21)43-27-9-8-26(34-35-27)30(31,32)33/h4-9,18-19,22H,3,10-17H2,1-2H3. The van der Waals surface area contributed by atoms with Crippen LogP contribution < -0.4 is 9.64 Å². The third-order valence-corrected chi connectivity index (χ3v) is 8.15. The normalized spacial score (nSPS) is 16.8. The number of anilines is 1. The van der Waals surface area contributed by atoms with E-state index >= 15 is 0 Å². The number of likely N-dealkylation sites (tertiary alicyclic amines) is 1. The Morgan fingerprint density at radius 3 is 2.23 bits per heavy atom. The number of ether oxygens (including phenoxy) is 1. The number of rotatable bonds is 7. The zero-order valence-electron chi connectivity index (χ0n) is 24.0. The van der Waals surface area contributed by atoms with Gasteiger partial charge in [0.15, 0.2) is 5.69 Å². The summed E-state index contributed by atoms with van der Waals surface area (Å²) in [6.45, 7) is 8.98. The molecule has 3 aromatic rings. The van der Waals surface area contributed by atoms with Crippen LogP contribution in [0.5, 0.6) is 11.6 Å². The van der Waals surface area contributed by atoms with Crippen LogP contribution in [0.3, 0.4) is 0 Å². The van der Waals surface area contributed by atoms with Crippen LogP contribution in [0.2, 0.25) is 0 Å². The number of likely N-dealkylation sites (N-methyl/N-ethyl adjacent to an activating group) is 1. The van der Waals surface area contributed by atoms with Gasteiger partial charge in [0.1, 0.15) is 11.4 Å². The fourth-order valence-electron chi connectivity index (χ4n) is 5.78. The van der Waals surface area contributed by atoms with Crippen molar-refractivity contribution in [1.29, 1.82) is 0 Å². The topological polar surface area (TPSA) is 105 Å². The quantitative estimate of drug-likeness (QED) is 0.253. The molecule has 1 amide bonds. The molecule has 2 aromatic carbocycles. The van der Waals surface area contributed by atoms with Crippen LogP contribution in [0, 0.1) is 17.0 Å². The number of hydrogen-bond donors (Lipinski definition) is 0. The van der Waals surface area contributed by atoms with Gasteiger partial charge in [-0.3, -0.25) is 14.9 Å². The number of hydrogen-bond acceptors (Lipinski definition) is 8. The van der Waals surface area contributed by atoms with E-state index in [1.54, 1.807) is 23.1 Å². The van der Waals surface area contributed by atoms with Gasteiger partial charge in [-0.25, -0.2) is 0 Å². The molecule has 0 saturated carbocycles. The SMILES string of the molecule is CCN1CCN(c2c(C)cc(C(=O)N3CCC(c4ccc(Oc5ccc(C(F)(F)F)nn5)cc4)CC3)cc2[N+](=O)[O-])CC1. The summed E-state index contributed by atoms with van der Waals surface area (Å²) >= 11 is 0.